The molecule has 1 aliphatic rings. The van der Waals surface area contributed by atoms with Crippen molar-refractivity contribution in [2.45, 2.75) is 52.1 Å². The molecule has 2 nitrogen and oxygen atoms in total. The molecule has 0 N–H and O–H groups in total. The number of nitrogens with zero attached hydrogens (tertiary/aromatic N) is 2. The molecule has 2 heterocycles. The quantitative estimate of drug-likeness (QED) is 0.741. The van der Waals surface area contributed by atoms with Gasteiger partial charge in [0, 0.05) is 18.3 Å². The topological polar surface area (TPSA) is 16.1 Å². The number of rotatable bonds is 2. The van der Waals surface area contributed by atoms with Crippen molar-refractivity contribution in [3.05, 3.63) is 28.5 Å². The number of piperidine rings is 1. The molecule has 0 aliphatic carbocycles. The molecule has 1 aromatic heterocycles. The zero-order chi connectivity index (χ0) is 12.4. The number of halogens is 1. The molecule has 1 aromatic rings. The van der Waals surface area contributed by atoms with Crippen LogP contribution in [0.15, 0.2) is 12.3 Å². The van der Waals surface area contributed by atoms with E-state index in [0.29, 0.717) is 17.2 Å². The summed E-state index contributed by atoms with van der Waals surface area (Å²) in [5.74, 6) is 0. The summed E-state index contributed by atoms with van der Waals surface area (Å²) < 4.78 is 0. The minimum absolute atomic E-state index is 0.521. The molecule has 1 unspecified atom stereocenters. The van der Waals surface area contributed by atoms with E-state index in [0.717, 1.165) is 5.56 Å². The van der Waals surface area contributed by atoms with Gasteiger partial charge >= 0.3 is 0 Å². The largest absolute Gasteiger partial charge is 0.294 e. The van der Waals surface area contributed by atoms with E-state index in [9.17, 15) is 0 Å². The van der Waals surface area contributed by atoms with Gasteiger partial charge in [0.05, 0.1) is 0 Å². The van der Waals surface area contributed by atoms with Crippen LogP contribution < -0.4 is 0 Å². The Morgan fingerprint density at radius 2 is 2.18 bits per heavy atom. The highest BCUT2D eigenvalue weighted by molar-refractivity contribution is 6.30. The highest BCUT2D eigenvalue weighted by Gasteiger charge is 2.26. The predicted octanol–water partition coefficient (Wildman–Crippen LogP) is 3.98. The Morgan fingerprint density at radius 1 is 1.41 bits per heavy atom. The molecular weight excluding hydrogens is 232 g/mol. The molecule has 0 saturated carbocycles. The lowest BCUT2D eigenvalue weighted by Crippen LogP contribution is -2.38. The Kier molecular flexibility index (Phi) is 4.05. The van der Waals surface area contributed by atoms with E-state index >= 15 is 0 Å². The van der Waals surface area contributed by atoms with Crippen molar-refractivity contribution in [3.8, 4) is 0 Å². The molecule has 0 bridgehead atoms. The maximum atomic E-state index is 5.99. The summed E-state index contributed by atoms with van der Waals surface area (Å²) in [6, 6.07) is 3.31. The number of aromatic nitrogens is 1. The van der Waals surface area contributed by atoms with E-state index in [1.54, 1.807) is 0 Å². The van der Waals surface area contributed by atoms with Gasteiger partial charge in [-0.05, 0) is 57.4 Å². The smallest absolute Gasteiger partial charge is 0.131 e. The predicted molar refractivity (Wildman–Crippen MR) is 72.4 cm³/mol. The standard InChI is InChI=1S/C14H21ClN2/c1-10(2)17-7-5-4-6-13(17)12-8-11(3)14(15)16-9-12/h8-10,13H,4-7H2,1-3H3. The molecule has 0 spiro atoms. The van der Waals surface area contributed by atoms with Crippen molar-refractivity contribution in [2.75, 3.05) is 6.54 Å². The van der Waals surface area contributed by atoms with E-state index in [-0.39, 0.29) is 0 Å². The van der Waals surface area contributed by atoms with Crippen molar-refractivity contribution in [1.82, 2.24) is 9.88 Å². The highest BCUT2D eigenvalue weighted by atomic mass is 35.5. The lowest BCUT2D eigenvalue weighted by atomic mass is 9.94. The number of hydrogen-bond donors (Lipinski definition) is 0. The van der Waals surface area contributed by atoms with Gasteiger partial charge in [-0.3, -0.25) is 4.90 Å². The van der Waals surface area contributed by atoms with Gasteiger partial charge in [-0.15, -0.1) is 0 Å². The van der Waals surface area contributed by atoms with Crippen molar-refractivity contribution < 1.29 is 0 Å². The Morgan fingerprint density at radius 3 is 2.82 bits per heavy atom. The van der Waals surface area contributed by atoms with Crippen LogP contribution in [0, 0.1) is 6.92 Å². The second kappa shape index (κ2) is 5.36. The van der Waals surface area contributed by atoms with Gasteiger partial charge in [0.25, 0.3) is 0 Å². The Balaban J connectivity index is 2.26. The van der Waals surface area contributed by atoms with Crippen LogP contribution in [-0.4, -0.2) is 22.5 Å². The summed E-state index contributed by atoms with van der Waals surface area (Å²) >= 11 is 5.99. The first-order valence-electron chi connectivity index (χ1n) is 6.47. The van der Waals surface area contributed by atoms with Crippen molar-refractivity contribution >= 4 is 11.6 Å². The second-order valence-corrected chi connectivity index (χ2v) is 5.58. The van der Waals surface area contributed by atoms with Crippen LogP contribution in [0.3, 0.4) is 0 Å². The number of hydrogen-bond acceptors (Lipinski definition) is 2. The fourth-order valence-corrected chi connectivity index (χ4v) is 2.80. The molecule has 17 heavy (non-hydrogen) atoms. The zero-order valence-electron chi connectivity index (χ0n) is 10.9. The van der Waals surface area contributed by atoms with Gasteiger partial charge in [-0.25, -0.2) is 4.98 Å². The molecule has 0 aromatic carbocycles. The summed E-state index contributed by atoms with van der Waals surface area (Å²) in [6.07, 6.45) is 5.81. The van der Waals surface area contributed by atoms with Crippen LogP contribution in [0.1, 0.15) is 50.3 Å². The van der Waals surface area contributed by atoms with E-state index < -0.39 is 0 Å². The maximum Gasteiger partial charge on any atom is 0.131 e. The third-order valence-electron chi connectivity index (χ3n) is 3.63. The van der Waals surface area contributed by atoms with E-state index in [1.165, 1.54) is 31.4 Å². The van der Waals surface area contributed by atoms with Crippen LogP contribution >= 0.6 is 11.6 Å². The van der Waals surface area contributed by atoms with Crippen molar-refractivity contribution in [2.24, 2.45) is 0 Å². The minimum Gasteiger partial charge on any atom is -0.294 e. The fourth-order valence-electron chi connectivity index (χ4n) is 2.69. The molecule has 2 rings (SSSR count). The van der Waals surface area contributed by atoms with Crippen LogP contribution in [0.5, 0.6) is 0 Å². The molecule has 1 saturated heterocycles. The third kappa shape index (κ3) is 2.80. The molecular formula is C14H21ClN2. The van der Waals surface area contributed by atoms with Gasteiger partial charge in [0.1, 0.15) is 5.15 Å². The minimum atomic E-state index is 0.521. The molecule has 3 heteroatoms. The SMILES string of the molecule is Cc1cc(C2CCCCN2C(C)C)cnc1Cl. The number of aryl methyl sites for hydroxylation is 1. The number of likely N-dealkylation sites (tertiary alicyclic amines) is 1. The van der Waals surface area contributed by atoms with Crippen molar-refractivity contribution in [1.29, 1.82) is 0 Å². The van der Waals surface area contributed by atoms with Crippen LogP contribution in [0.2, 0.25) is 5.15 Å². The van der Waals surface area contributed by atoms with Gasteiger partial charge in [-0.2, -0.15) is 0 Å². The molecule has 1 atom stereocenters. The Labute approximate surface area is 109 Å². The first kappa shape index (κ1) is 12.8. The van der Waals surface area contributed by atoms with Crippen LogP contribution in [0.25, 0.3) is 0 Å². The summed E-state index contributed by atoms with van der Waals surface area (Å²) in [5.41, 5.74) is 2.40. The lowest BCUT2D eigenvalue weighted by molar-refractivity contribution is 0.112. The van der Waals surface area contributed by atoms with Gasteiger partial charge in [-0.1, -0.05) is 18.0 Å². The van der Waals surface area contributed by atoms with E-state index in [2.05, 4.69) is 29.8 Å². The summed E-state index contributed by atoms with van der Waals surface area (Å²) in [6.45, 7) is 7.77. The third-order valence-corrected chi connectivity index (χ3v) is 4.02. The van der Waals surface area contributed by atoms with Gasteiger partial charge in [0.2, 0.25) is 0 Å². The lowest BCUT2D eigenvalue weighted by Gasteiger charge is -2.38. The molecule has 94 valence electrons. The summed E-state index contributed by atoms with van der Waals surface area (Å²) in [4.78, 5) is 6.86. The van der Waals surface area contributed by atoms with E-state index in [1.807, 2.05) is 13.1 Å². The second-order valence-electron chi connectivity index (χ2n) is 5.22. The average Bonchev–Trinajstić information content (AvgIpc) is 2.32. The fraction of sp³-hybridized carbons (Fsp3) is 0.643. The first-order chi connectivity index (χ1) is 8.09. The molecule has 1 fully saturated rings. The number of pyridine rings is 1. The maximum absolute atomic E-state index is 5.99. The average molecular weight is 253 g/mol. The molecule has 1 aliphatic heterocycles. The zero-order valence-corrected chi connectivity index (χ0v) is 11.7. The van der Waals surface area contributed by atoms with Crippen LogP contribution in [0.4, 0.5) is 0 Å². The first-order valence-corrected chi connectivity index (χ1v) is 6.85. The van der Waals surface area contributed by atoms with Crippen LogP contribution in [-0.2, 0) is 0 Å². The molecule has 0 radical (unpaired) electrons. The monoisotopic (exact) mass is 252 g/mol. The Hall–Kier alpha value is -0.600. The summed E-state index contributed by atoms with van der Waals surface area (Å²) in [5, 5.41) is 0.626. The normalized spacial score (nSPS) is 22.1. The summed E-state index contributed by atoms with van der Waals surface area (Å²) in [7, 11) is 0. The van der Waals surface area contributed by atoms with Gasteiger partial charge in [0.15, 0.2) is 0 Å². The molecule has 0 amide bonds. The van der Waals surface area contributed by atoms with E-state index in [4.69, 9.17) is 11.6 Å². The highest BCUT2D eigenvalue weighted by Crippen LogP contribution is 2.33. The van der Waals surface area contributed by atoms with Crippen molar-refractivity contribution in [3.63, 3.8) is 0 Å². The van der Waals surface area contributed by atoms with Gasteiger partial charge < -0.3 is 0 Å². The Bertz CT molecular complexity index is 390.